The quantitative estimate of drug-likeness (QED) is 0.621. The molecular formula is C16H15N7O. The third-order valence-electron chi connectivity index (χ3n) is 3.07. The lowest BCUT2D eigenvalue weighted by atomic mass is 10.3. The number of pyridine rings is 1. The van der Waals surface area contributed by atoms with E-state index < -0.39 is 0 Å². The van der Waals surface area contributed by atoms with Gasteiger partial charge >= 0.3 is 0 Å². The van der Waals surface area contributed by atoms with Crippen molar-refractivity contribution in [3.63, 3.8) is 0 Å². The van der Waals surface area contributed by atoms with Gasteiger partial charge < -0.3 is 16.0 Å². The molecule has 0 aliphatic carbocycles. The highest BCUT2D eigenvalue weighted by molar-refractivity contribution is 6.01. The van der Waals surface area contributed by atoms with E-state index >= 15 is 0 Å². The van der Waals surface area contributed by atoms with Gasteiger partial charge in [0.2, 0.25) is 0 Å². The predicted octanol–water partition coefficient (Wildman–Crippen LogP) is 1.85. The van der Waals surface area contributed by atoms with Gasteiger partial charge in [-0.15, -0.1) is 0 Å². The normalized spacial score (nSPS) is 11.3. The monoisotopic (exact) mass is 321 g/mol. The molecule has 3 N–H and O–H groups in total. The van der Waals surface area contributed by atoms with Crippen molar-refractivity contribution in [3.8, 4) is 0 Å². The van der Waals surface area contributed by atoms with Crippen molar-refractivity contribution in [1.29, 1.82) is 5.41 Å². The van der Waals surface area contributed by atoms with Crippen LogP contribution in [0, 0.1) is 5.41 Å². The Morgan fingerprint density at radius 2 is 2.17 bits per heavy atom. The van der Waals surface area contributed by atoms with E-state index in [1.54, 1.807) is 43.8 Å². The maximum absolute atomic E-state index is 12.5. The molecule has 120 valence electrons. The van der Waals surface area contributed by atoms with Crippen LogP contribution in [0.2, 0.25) is 0 Å². The van der Waals surface area contributed by atoms with Crippen LogP contribution >= 0.6 is 0 Å². The molecule has 0 unspecified atom stereocenters. The first kappa shape index (κ1) is 15.3. The third-order valence-corrected chi connectivity index (χ3v) is 3.07. The fraction of sp³-hybridized carbons (Fsp3) is 0.0625. The van der Waals surface area contributed by atoms with Crippen molar-refractivity contribution >= 4 is 23.0 Å². The summed E-state index contributed by atoms with van der Waals surface area (Å²) in [6.45, 7) is 1.62. The van der Waals surface area contributed by atoms with Crippen molar-refractivity contribution in [1.82, 2.24) is 24.9 Å². The number of nitrogens with one attached hydrogen (secondary N) is 3. The molecule has 0 saturated carbocycles. The molecule has 0 bridgehead atoms. The van der Waals surface area contributed by atoms with E-state index in [1.165, 1.54) is 16.8 Å². The number of nitrogens with zero attached hydrogens (tertiary/aromatic N) is 4. The number of hydrogen-bond acceptors (Lipinski definition) is 6. The molecule has 8 nitrogen and oxygen atoms in total. The molecule has 8 heteroatoms. The van der Waals surface area contributed by atoms with E-state index in [0.29, 0.717) is 28.4 Å². The summed E-state index contributed by atoms with van der Waals surface area (Å²) in [7, 11) is 0. The lowest BCUT2D eigenvalue weighted by molar-refractivity contribution is 0.0968. The van der Waals surface area contributed by atoms with Gasteiger partial charge in [-0.25, -0.2) is 9.50 Å². The maximum Gasteiger partial charge on any atom is 0.262 e. The van der Waals surface area contributed by atoms with Crippen LogP contribution in [0.15, 0.2) is 61.1 Å². The van der Waals surface area contributed by atoms with Gasteiger partial charge in [0.05, 0.1) is 18.1 Å². The van der Waals surface area contributed by atoms with Crippen molar-refractivity contribution in [2.24, 2.45) is 0 Å². The number of allylic oxidation sites excluding steroid dienone is 1. The SMILES string of the molecule is CC(=N)/C=C(/NC(=O)c1cnn2cccnc12)Nc1cccnc1. The Bertz CT molecular complexity index is 914. The highest BCUT2D eigenvalue weighted by atomic mass is 16.1. The Hall–Kier alpha value is -3.55. The molecule has 0 aliphatic rings. The average molecular weight is 321 g/mol. The number of hydrogen-bond donors (Lipinski definition) is 3. The van der Waals surface area contributed by atoms with Gasteiger partial charge in [-0.2, -0.15) is 5.10 Å². The van der Waals surface area contributed by atoms with E-state index in [4.69, 9.17) is 5.41 Å². The van der Waals surface area contributed by atoms with Gasteiger partial charge in [0.1, 0.15) is 11.4 Å². The number of carbonyl (C=O) groups is 1. The molecule has 3 aromatic heterocycles. The van der Waals surface area contributed by atoms with Crippen molar-refractivity contribution in [2.45, 2.75) is 6.92 Å². The number of amides is 1. The molecule has 3 heterocycles. The second-order valence-electron chi connectivity index (χ2n) is 5.01. The van der Waals surface area contributed by atoms with Crippen molar-refractivity contribution in [2.75, 3.05) is 5.32 Å². The summed E-state index contributed by atoms with van der Waals surface area (Å²) in [6, 6.07) is 5.31. The highest BCUT2D eigenvalue weighted by Gasteiger charge is 2.15. The number of aromatic nitrogens is 4. The second kappa shape index (κ2) is 6.69. The van der Waals surface area contributed by atoms with E-state index in [2.05, 4.69) is 25.7 Å². The zero-order chi connectivity index (χ0) is 16.9. The summed E-state index contributed by atoms with van der Waals surface area (Å²) >= 11 is 0. The second-order valence-corrected chi connectivity index (χ2v) is 5.01. The zero-order valence-electron chi connectivity index (χ0n) is 12.9. The number of carbonyl (C=O) groups excluding carboxylic acids is 1. The maximum atomic E-state index is 12.5. The summed E-state index contributed by atoms with van der Waals surface area (Å²) in [6.07, 6.45) is 9.56. The molecule has 0 atom stereocenters. The Balaban J connectivity index is 1.84. The minimum atomic E-state index is -0.368. The first-order valence-electron chi connectivity index (χ1n) is 7.17. The van der Waals surface area contributed by atoms with Crippen LogP contribution in [0.1, 0.15) is 17.3 Å². The van der Waals surface area contributed by atoms with Crippen molar-refractivity contribution in [3.05, 3.63) is 66.6 Å². The number of anilines is 1. The van der Waals surface area contributed by atoms with Crippen LogP contribution in [0.25, 0.3) is 5.65 Å². The van der Waals surface area contributed by atoms with E-state index in [9.17, 15) is 4.79 Å². The van der Waals surface area contributed by atoms with Gasteiger partial charge in [0.25, 0.3) is 5.91 Å². The first-order chi connectivity index (χ1) is 11.6. The fourth-order valence-electron chi connectivity index (χ4n) is 2.09. The molecule has 24 heavy (non-hydrogen) atoms. The Kier molecular flexibility index (Phi) is 4.28. The van der Waals surface area contributed by atoms with Crippen molar-refractivity contribution < 1.29 is 4.79 Å². The summed E-state index contributed by atoms with van der Waals surface area (Å²) in [5.74, 6) is 0.00312. The molecule has 0 fully saturated rings. The fourth-order valence-corrected chi connectivity index (χ4v) is 2.09. The molecule has 0 spiro atoms. The smallest absolute Gasteiger partial charge is 0.262 e. The predicted molar refractivity (Wildman–Crippen MR) is 89.8 cm³/mol. The standard InChI is InChI=1S/C16H15N7O/c1-11(17)8-14(21-12-4-2-5-18-9-12)22-16(24)13-10-20-23-7-3-6-19-15(13)23/h2-10,17,21H,1H3,(H,22,24)/b14-8+,17-11?. The number of fused-ring (bicyclic) bond motifs is 1. The van der Waals surface area contributed by atoms with Gasteiger partial charge in [-0.1, -0.05) is 0 Å². The Morgan fingerprint density at radius 1 is 1.29 bits per heavy atom. The minimum Gasteiger partial charge on any atom is -0.340 e. The summed E-state index contributed by atoms with van der Waals surface area (Å²) in [4.78, 5) is 20.7. The highest BCUT2D eigenvalue weighted by Crippen LogP contribution is 2.10. The zero-order valence-corrected chi connectivity index (χ0v) is 12.9. The molecule has 3 aromatic rings. The van der Waals surface area contributed by atoms with E-state index in [-0.39, 0.29) is 5.91 Å². The molecule has 3 rings (SSSR count). The summed E-state index contributed by atoms with van der Waals surface area (Å²) in [5, 5.41) is 17.5. The molecule has 0 saturated heterocycles. The van der Waals surface area contributed by atoms with Crippen LogP contribution in [0.4, 0.5) is 5.69 Å². The summed E-state index contributed by atoms with van der Waals surface area (Å²) < 4.78 is 1.52. The van der Waals surface area contributed by atoms with Gasteiger partial charge in [-0.05, 0) is 31.2 Å². The largest absolute Gasteiger partial charge is 0.340 e. The van der Waals surface area contributed by atoms with Gasteiger partial charge in [-0.3, -0.25) is 9.78 Å². The molecule has 0 aromatic carbocycles. The first-order valence-corrected chi connectivity index (χ1v) is 7.17. The lowest BCUT2D eigenvalue weighted by Gasteiger charge is -2.12. The lowest BCUT2D eigenvalue weighted by Crippen LogP contribution is -2.27. The van der Waals surface area contributed by atoms with E-state index in [1.807, 2.05) is 6.07 Å². The van der Waals surface area contributed by atoms with Gasteiger partial charge in [0.15, 0.2) is 5.65 Å². The third kappa shape index (κ3) is 3.43. The molecule has 0 radical (unpaired) electrons. The molecule has 0 aliphatic heterocycles. The van der Waals surface area contributed by atoms with Crippen LogP contribution in [-0.4, -0.2) is 31.2 Å². The minimum absolute atomic E-state index is 0.291. The average Bonchev–Trinajstić information content (AvgIpc) is 2.99. The van der Waals surface area contributed by atoms with Gasteiger partial charge in [0, 0.05) is 24.3 Å². The molecular weight excluding hydrogens is 306 g/mol. The van der Waals surface area contributed by atoms with E-state index in [0.717, 1.165) is 0 Å². The number of rotatable bonds is 5. The van der Waals surface area contributed by atoms with Crippen LogP contribution in [-0.2, 0) is 0 Å². The van der Waals surface area contributed by atoms with Crippen LogP contribution < -0.4 is 10.6 Å². The Labute approximate surface area is 137 Å². The molecule has 1 amide bonds. The topological polar surface area (TPSA) is 108 Å². The Morgan fingerprint density at radius 3 is 2.92 bits per heavy atom. The van der Waals surface area contributed by atoms with Crippen LogP contribution in [0.5, 0.6) is 0 Å². The summed E-state index contributed by atoms with van der Waals surface area (Å²) in [5.41, 5.74) is 1.79. The van der Waals surface area contributed by atoms with Crippen LogP contribution in [0.3, 0.4) is 0 Å².